The molecule has 8 heteroatoms. The normalized spacial score (nSPS) is 19.9. The van der Waals surface area contributed by atoms with Crippen molar-refractivity contribution >= 4 is 11.8 Å². The number of amides is 2. The van der Waals surface area contributed by atoms with Crippen LogP contribution in [0.15, 0.2) is 12.3 Å². The summed E-state index contributed by atoms with van der Waals surface area (Å²) in [5.74, 6) is 5.30. The molecule has 1 aliphatic heterocycles. The molecule has 8 nitrogen and oxygen atoms in total. The van der Waals surface area contributed by atoms with Crippen molar-refractivity contribution in [3.05, 3.63) is 23.4 Å². The third kappa shape index (κ3) is 6.42. The zero-order valence-corrected chi connectivity index (χ0v) is 19.2. The van der Waals surface area contributed by atoms with E-state index in [4.69, 9.17) is 4.74 Å². The maximum Gasteiger partial charge on any atom is 0.259 e. The van der Waals surface area contributed by atoms with Gasteiger partial charge < -0.3 is 24.7 Å². The van der Waals surface area contributed by atoms with Crippen LogP contribution in [0.4, 0.5) is 0 Å². The molecule has 2 rings (SSSR count). The summed E-state index contributed by atoms with van der Waals surface area (Å²) in [6.07, 6.45) is 1.50. The molecule has 2 heterocycles. The van der Waals surface area contributed by atoms with Gasteiger partial charge in [0.15, 0.2) is 0 Å². The molecule has 1 aromatic heterocycles. The summed E-state index contributed by atoms with van der Waals surface area (Å²) in [5, 5.41) is 19.6. The first-order valence-corrected chi connectivity index (χ1v) is 10.5. The van der Waals surface area contributed by atoms with E-state index in [1.807, 2.05) is 6.92 Å². The molecule has 2 N–H and O–H groups in total. The van der Waals surface area contributed by atoms with E-state index in [0.717, 1.165) is 0 Å². The molecule has 0 spiro atoms. The fourth-order valence-corrected chi connectivity index (χ4v) is 3.26. The summed E-state index contributed by atoms with van der Waals surface area (Å²) in [7, 11) is 1.73. The van der Waals surface area contributed by atoms with Crippen LogP contribution in [0.1, 0.15) is 57.0 Å². The van der Waals surface area contributed by atoms with Gasteiger partial charge in [0.1, 0.15) is 17.3 Å². The lowest BCUT2D eigenvalue weighted by Crippen LogP contribution is -2.50. The molecule has 1 aromatic rings. The highest BCUT2D eigenvalue weighted by molar-refractivity contribution is 5.97. The van der Waals surface area contributed by atoms with Crippen LogP contribution in [-0.2, 0) is 4.79 Å². The van der Waals surface area contributed by atoms with Crippen molar-refractivity contribution in [2.75, 3.05) is 26.7 Å². The maximum absolute atomic E-state index is 13.3. The van der Waals surface area contributed by atoms with Gasteiger partial charge in [0.05, 0.1) is 19.2 Å². The second-order valence-corrected chi connectivity index (χ2v) is 8.64. The minimum atomic E-state index is -1.18. The van der Waals surface area contributed by atoms with Crippen LogP contribution in [-0.4, -0.2) is 81.3 Å². The molecule has 170 valence electrons. The van der Waals surface area contributed by atoms with Crippen LogP contribution in [0, 0.1) is 17.8 Å². The number of carbonyl (C=O) groups excluding carboxylic acids is 2. The van der Waals surface area contributed by atoms with E-state index in [1.165, 1.54) is 6.20 Å². The van der Waals surface area contributed by atoms with Gasteiger partial charge in [0, 0.05) is 37.7 Å². The Balaban J connectivity index is 2.49. The first-order valence-electron chi connectivity index (χ1n) is 10.5. The van der Waals surface area contributed by atoms with Gasteiger partial charge in [-0.25, -0.2) is 4.98 Å². The monoisotopic (exact) mass is 431 g/mol. The zero-order chi connectivity index (χ0) is 23.3. The molecule has 0 saturated heterocycles. The second-order valence-electron chi connectivity index (χ2n) is 8.64. The average Bonchev–Trinajstić information content (AvgIpc) is 2.72. The minimum absolute atomic E-state index is 0.0000544. The largest absolute Gasteiger partial charge is 0.472 e. The van der Waals surface area contributed by atoms with Gasteiger partial charge in [0.2, 0.25) is 11.8 Å². The highest BCUT2D eigenvalue weighted by atomic mass is 16.5. The van der Waals surface area contributed by atoms with Gasteiger partial charge in [-0.3, -0.25) is 9.59 Å². The first kappa shape index (κ1) is 24.6. The fraction of sp³-hybridized carbons (Fsp3) is 0.609. The van der Waals surface area contributed by atoms with Gasteiger partial charge in [-0.15, -0.1) is 0 Å². The lowest BCUT2D eigenvalue weighted by atomic mass is 9.99. The van der Waals surface area contributed by atoms with Crippen molar-refractivity contribution in [1.29, 1.82) is 0 Å². The van der Waals surface area contributed by atoms with E-state index in [1.54, 1.807) is 50.6 Å². The molecular formula is C23H33N3O5. The van der Waals surface area contributed by atoms with Gasteiger partial charge in [-0.05, 0) is 26.8 Å². The lowest BCUT2D eigenvalue weighted by molar-refractivity contribution is -0.131. The SMILES string of the molecule is CCC(=O)N(C)C[C@H]1Oc2ncc(C#CC(C)(C)O)cc2C(=O)N([C@H](C)CO)C[C@H]1C. The Morgan fingerprint density at radius 2 is 2.16 bits per heavy atom. The summed E-state index contributed by atoms with van der Waals surface area (Å²) in [5.41, 5.74) is -0.471. The molecule has 3 atom stereocenters. The first-order chi connectivity index (χ1) is 14.5. The zero-order valence-electron chi connectivity index (χ0n) is 19.2. The van der Waals surface area contributed by atoms with E-state index in [2.05, 4.69) is 16.8 Å². The van der Waals surface area contributed by atoms with Crippen LogP contribution in [0.25, 0.3) is 0 Å². The molecule has 0 saturated carbocycles. The maximum atomic E-state index is 13.3. The van der Waals surface area contributed by atoms with Crippen molar-refractivity contribution in [1.82, 2.24) is 14.8 Å². The number of fused-ring (bicyclic) bond motifs is 1. The summed E-state index contributed by atoms with van der Waals surface area (Å²) >= 11 is 0. The van der Waals surface area contributed by atoms with E-state index >= 15 is 0 Å². The number of aliphatic hydroxyl groups excluding tert-OH is 1. The Hall–Kier alpha value is -2.63. The van der Waals surface area contributed by atoms with Crippen molar-refractivity contribution in [3.63, 3.8) is 0 Å². The molecule has 0 fully saturated rings. The van der Waals surface area contributed by atoms with E-state index < -0.39 is 11.6 Å². The van der Waals surface area contributed by atoms with Crippen LogP contribution >= 0.6 is 0 Å². The number of rotatable bonds is 5. The van der Waals surface area contributed by atoms with Crippen LogP contribution < -0.4 is 4.74 Å². The van der Waals surface area contributed by atoms with E-state index in [0.29, 0.717) is 25.1 Å². The minimum Gasteiger partial charge on any atom is -0.472 e. The third-order valence-corrected chi connectivity index (χ3v) is 5.22. The number of hydrogen-bond acceptors (Lipinski definition) is 6. The number of likely N-dealkylation sites (N-methyl/N-ethyl adjacent to an activating group) is 1. The molecule has 0 bridgehead atoms. The molecule has 0 radical (unpaired) electrons. The average molecular weight is 432 g/mol. The van der Waals surface area contributed by atoms with E-state index in [9.17, 15) is 19.8 Å². The van der Waals surface area contributed by atoms with Crippen LogP contribution in [0.2, 0.25) is 0 Å². The Morgan fingerprint density at radius 1 is 1.48 bits per heavy atom. The van der Waals surface area contributed by atoms with Crippen LogP contribution in [0.5, 0.6) is 5.88 Å². The molecule has 0 unspecified atom stereocenters. The predicted octanol–water partition coefficient (Wildman–Crippen LogP) is 1.29. The van der Waals surface area contributed by atoms with Crippen molar-refractivity contribution in [2.45, 2.75) is 58.8 Å². The molecule has 31 heavy (non-hydrogen) atoms. The lowest BCUT2D eigenvalue weighted by Gasteiger charge is -2.37. The quantitative estimate of drug-likeness (QED) is 0.681. The molecule has 0 aliphatic carbocycles. The number of nitrogens with zero attached hydrogens (tertiary/aromatic N) is 3. The topological polar surface area (TPSA) is 103 Å². The molecular weight excluding hydrogens is 398 g/mol. The van der Waals surface area contributed by atoms with Crippen molar-refractivity contribution < 1.29 is 24.5 Å². The third-order valence-electron chi connectivity index (χ3n) is 5.22. The summed E-state index contributed by atoms with van der Waals surface area (Å²) in [6, 6.07) is 1.19. The Kier molecular flexibility index (Phi) is 8.04. The molecule has 1 aliphatic rings. The second kappa shape index (κ2) is 10.1. The number of aromatic nitrogens is 1. The highest BCUT2D eigenvalue weighted by Crippen LogP contribution is 2.27. The number of hydrogen-bond donors (Lipinski definition) is 2. The number of aliphatic hydroxyl groups is 2. The summed E-state index contributed by atoms with van der Waals surface area (Å²) in [4.78, 5) is 32.9. The summed E-state index contributed by atoms with van der Waals surface area (Å²) < 4.78 is 6.13. The molecule has 2 amide bonds. The standard InChI is InChI=1S/C23H33N3O5/c1-7-20(28)25(6)13-19-15(2)12-26(16(3)14-27)22(29)18-10-17(8-9-23(4,5)30)11-24-21(18)31-19/h10-11,15-16,19,27,30H,7,12-14H2,1-6H3/t15-,16-,19-/m1/s1. The number of carbonyl (C=O) groups is 2. The number of pyridine rings is 1. The smallest absolute Gasteiger partial charge is 0.259 e. The van der Waals surface area contributed by atoms with Gasteiger partial charge in [-0.1, -0.05) is 25.7 Å². The predicted molar refractivity (Wildman–Crippen MR) is 117 cm³/mol. The van der Waals surface area contributed by atoms with Gasteiger partial charge in [0.25, 0.3) is 5.91 Å². The molecule has 0 aromatic carbocycles. The fourth-order valence-electron chi connectivity index (χ4n) is 3.26. The van der Waals surface area contributed by atoms with Gasteiger partial charge >= 0.3 is 0 Å². The Morgan fingerprint density at radius 3 is 2.74 bits per heavy atom. The van der Waals surface area contributed by atoms with Crippen LogP contribution in [0.3, 0.4) is 0 Å². The number of ether oxygens (including phenoxy) is 1. The van der Waals surface area contributed by atoms with Crippen molar-refractivity contribution in [2.24, 2.45) is 5.92 Å². The highest BCUT2D eigenvalue weighted by Gasteiger charge is 2.34. The van der Waals surface area contributed by atoms with Crippen molar-refractivity contribution in [3.8, 4) is 17.7 Å². The van der Waals surface area contributed by atoms with E-state index in [-0.39, 0.29) is 41.9 Å². The summed E-state index contributed by atoms with van der Waals surface area (Å²) in [6.45, 7) is 9.20. The Bertz CT molecular complexity index is 868. The van der Waals surface area contributed by atoms with Gasteiger partial charge in [-0.2, -0.15) is 0 Å². The Labute approximate surface area is 184 Å².